The summed E-state index contributed by atoms with van der Waals surface area (Å²) >= 11 is 0. The van der Waals surface area contributed by atoms with Gasteiger partial charge in [-0.1, -0.05) is 12.1 Å². The van der Waals surface area contributed by atoms with Crippen molar-refractivity contribution in [3.63, 3.8) is 0 Å². The van der Waals surface area contributed by atoms with Crippen LogP contribution in [-0.4, -0.2) is 46.2 Å². The number of ether oxygens (including phenoxy) is 1. The van der Waals surface area contributed by atoms with Crippen LogP contribution in [-0.2, 0) is 11.3 Å². The molecule has 0 unspecified atom stereocenters. The molecular weight excluding hydrogens is 361 g/mol. The number of benzene rings is 1. The Morgan fingerprint density at radius 1 is 1.11 bits per heavy atom. The minimum atomic E-state index is -0.268. The molecule has 0 bridgehead atoms. The molecule has 0 radical (unpaired) electrons. The standard InChI is InChI=1S/C19H20FN7O/c20-15-3-1-2-13(8-15)10-22-17-9-16(14-11-23-18(21)24-12-14)25-19(26-17)27-4-6-28-7-5-27/h1-3,8-9,11-12H,4-7,10H2,(H2,21,23,24)(H,22,25,26). The Morgan fingerprint density at radius 2 is 1.89 bits per heavy atom. The molecule has 2 aromatic heterocycles. The highest BCUT2D eigenvalue weighted by atomic mass is 19.1. The predicted octanol–water partition coefficient (Wildman–Crippen LogP) is 2.10. The molecular formula is C19H20FN7O. The molecule has 0 saturated carbocycles. The normalized spacial score (nSPS) is 14.1. The summed E-state index contributed by atoms with van der Waals surface area (Å²) < 4.78 is 18.8. The van der Waals surface area contributed by atoms with Crippen molar-refractivity contribution in [3.8, 4) is 11.3 Å². The number of hydrogen-bond acceptors (Lipinski definition) is 8. The van der Waals surface area contributed by atoms with Crippen LogP contribution in [0.4, 0.5) is 22.1 Å². The molecule has 0 amide bonds. The molecule has 28 heavy (non-hydrogen) atoms. The second-order valence-corrected chi connectivity index (χ2v) is 6.35. The van der Waals surface area contributed by atoms with Crippen molar-refractivity contribution in [2.45, 2.75) is 6.54 Å². The van der Waals surface area contributed by atoms with E-state index in [1.807, 2.05) is 12.1 Å². The van der Waals surface area contributed by atoms with Crippen LogP contribution >= 0.6 is 0 Å². The minimum absolute atomic E-state index is 0.204. The van der Waals surface area contributed by atoms with E-state index in [9.17, 15) is 4.39 Å². The largest absolute Gasteiger partial charge is 0.378 e. The van der Waals surface area contributed by atoms with E-state index in [1.165, 1.54) is 12.1 Å². The van der Waals surface area contributed by atoms with Crippen molar-refractivity contribution in [3.05, 3.63) is 54.1 Å². The van der Waals surface area contributed by atoms with Crippen LogP contribution in [0.5, 0.6) is 0 Å². The van der Waals surface area contributed by atoms with Gasteiger partial charge in [0.05, 0.1) is 18.9 Å². The molecule has 0 aliphatic carbocycles. The zero-order valence-corrected chi connectivity index (χ0v) is 15.2. The van der Waals surface area contributed by atoms with E-state index in [2.05, 4.69) is 30.2 Å². The topological polar surface area (TPSA) is 102 Å². The first kappa shape index (κ1) is 18.1. The summed E-state index contributed by atoms with van der Waals surface area (Å²) in [6, 6.07) is 8.27. The molecule has 9 heteroatoms. The number of aromatic nitrogens is 4. The van der Waals surface area contributed by atoms with Gasteiger partial charge in [-0.05, 0) is 17.7 Å². The number of hydrogen-bond donors (Lipinski definition) is 2. The summed E-state index contributed by atoms with van der Waals surface area (Å²) in [4.78, 5) is 19.4. The fourth-order valence-corrected chi connectivity index (χ4v) is 2.89. The van der Waals surface area contributed by atoms with Gasteiger partial charge in [-0.15, -0.1) is 0 Å². The molecule has 1 aliphatic heterocycles. The van der Waals surface area contributed by atoms with Gasteiger partial charge in [0, 0.05) is 43.7 Å². The first-order chi connectivity index (χ1) is 13.7. The van der Waals surface area contributed by atoms with Crippen LogP contribution in [0.25, 0.3) is 11.3 Å². The maximum Gasteiger partial charge on any atom is 0.228 e. The average molecular weight is 381 g/mol. The second kappa shape index (κ2) is 8.13. The minimum Gasteiger partial charge on any atom is -0.378 e. The van der Waals surface area contributed by atoms with Crippen molar-refractivity contribution in [2.24, 2.45) is 0 Å². The summed E-state index contributed by atoms with van der Waals surface area (Å²) in [7, 11) is 0. The van der Waals surface area contributed by atoms with Gasteiger partial charge in [0.25, 0.3) is 0 Å². The van der Waals surface area contributed by atoms with Crippen molar-refractivity contribution in [1.29, 1.82) is 0 Å². The molecule has 3 heterocycles. The van der Waals surface area contributed by atoms with Gasteiger partial charge in [0.2, 0.25) is 11.9 Å². The van der Waals surface area contributed by atoms with Crippen molar-refractivity contribution in [2.75, 3.05) is 42.3 Å². The summed E-state index contributed by atoms with van der Waals surface area (Å²) in [6.07, 6.45) is 3.26. The number of halogens is 1. The van der Waals surface area contributed by atoms with E-state index < -0.39 is 0 Å². The average Bonchev–Trinajstić information content (AvgIpc) is 2.73. The molecule has 0 atom stereocenters. The second-order valence-electron chi connectivity index (χ2n) is 6.35. The van der Waals surface area contributed by atoms with Crippen molar-refractivity contribution < 1.29 is 9.13 Å². The van der Waals surface area contributed by atoms with Gasteiger partial charge < -0.3 is 20.7 Å². The number of rotatable bonds is 5. The maximum atomic E-state index is 13.4. The number of nitrogens with zero attached hydrogens (tertiary/aromatic N) is 5. The van der Waals surface area contributed by atoms with Crippen molar-refractivity contribution in [1.82, 2.24) is 19.9 Å². The van der Waals surface area contributed by atoms with E-state index in [-0.39, 0.29) is 11.8 Å². The molecule has 1 fully saturated rings. The SMILES string of the molecule is Nc1ncc(-c2cc(NCc3cccc(F)c3)nc(N3CCOCC3)n2)cn1. The fourth-order valence-electron chi connectivity index (χ4n) is 2.89. The Morgan fingerprint density at radius 3 is 2.64 bits per heavy atom. The van der Waals surface area contributed by atoms with Crippen molar-refractivity contribution >= 4 is 17.7 Å². The highest BCUT2D eigenvalue weighted by Gasteiger charge is 2.16. The van der Waals surface area contributed by atoms with Crippen LogP contribution in [0.15, 0.2) is 42.7 Å². The molecule has 4 rings (SSSR count). The number of nitrogen functional groups attached to an aromatic ring is 1. The van der Waals surface area contributed by atoms with Crippen LogP contribution in [0.1, 0.15) is 5.56 Å². The fraction of sp³-hybridized carbons (Fsp3) is 0.263. The molecule has 144 valence electrons. The Bertz CT molecular complexity index is 945. The zero-order valence-electron chi connectivity index (χ0n) is 15.2. The van der Waals surface area contributed by atoms with Crippen LogP contribution in [0, 0.1) is 5.82 Å². The van der Waals surface area contributed by atoms with Crippen LogP contribution in [0.2, 0.25) is 0 Å². The molecule has 3 N–H and O–H groups in total. The van der Waals surface area contributed by atoms with Gasteiger partial charge in [-0.25, -0.2) is 19.3 Å². The van der Waals surface area contributed by atoms with Crippen LogP contribution in [0.3, 0.4) is 0 Å². The highest BCUT2D eigenvalue weighted by Crippen LogP contribution is 2.23. The Balaban J connectivity index is 1.63. The third kappa shape index (κ3) is 4.32. The molecule has 0 spiro atoms. The third-order valence-electron chi connectivity index (χ3n) is 4.34. The lowest BCUT2D eigenvalue weighted by molar-refractivity contribution is 0.122. The Kier molecular flexibility index (Phi) is 5.24. The molecule has 1 aliphatic rings. The zero-order chi connectivity index (χ0) is 19.3. The summed E-state index contributed by atoms with van der Waals surface area (Å²) in [5, 5.41) is 3.25. The van der Waals surface area contributed by atoms with Gasteiger partial charge in [0.1, 0.15) is 11.6 Å². The Hall–Kier alpha value is -3.33. The van der Waals surface area contributed by atoms with E-state index in [1.54, 1.807) is 18.5 Å². The van der Waals surface area contributed by atoms with Gasteiger partial charge in [-0.2, -0.15) is 4.98 Å². The number of nitrogens with one attached hydrogen (secondary N) is 1. The number of anilines is 3. The lowest BCUT2D eigenvalue weighted by atomic mass is 10.2. The number of morpholine rings is 1. The maximum absolute atomic E-state index is 13.4. The lowest BCUT2D eigenvalue weighted by Crippen LogP contribution is -2.37. The van der Waals surface area contributed by atoms with Crippen LogP contribution < -0.4 is 16.0 Å². The predicted molar refractivity (Wildman–Crippen MR) is 104 cm³/mol. The van der Waals surface area contributed by atoms with Gasteiger partial charge >= 0.3 is 0 Å². The van der Waals surface area contributed by atoms with E-state index in [0.29, 0.717) is 50.3 Å². The number of nitrogens with two attached hydrogens (primary N) is 1. The first-order valence-electron chi connectivity index (χ1n) is 8.95. The first-order valence-corrected chi connectivity index (χ1v) is 8.95. The summed E-state index contributed by atoms with van der Waals surface area (Å²) in [5.74, 6) is 1.17. The molecule has 3 aromatic rings. The third-order valence-corrected chi connectivity index (χ3v) is 4.34. The monoisotopic (exact) mass is 381 g/mol. The molecule has 1 saturated heterocycles. The van der Waals surface area contributed by atoms with Gasteiger partial charge in [-0.3, -0.25) is 0 Å². The highest BCUT2D eigenvalue weighted by molar-refractivity contribution is 5.63. The molecule has 1 aromatic carbocycles. The van der Waals surface area contributed by atoms with E-state index in [0.717, 1.165) is 11.1 Å². The van der Waals surface area contributed by atoms with Gasteiger partial charge in [0.15, 0.2) is 0 Å². The molecule has 8 nitrogen and oxygen atoms in total. The quantitative estimate of drug-likeness (QED) is 0.693. The van der Waals surface area contributed by atoms with E-state index in [4.69, 9.17) is 10.5 Å². The summed E-state index contributed by atoms with van der Waals surface area (Å²) in [5.41, 5.74) is 7.82. The lowest BCUT2D eigenvalue weighted by Gasteiger charge is -2.27. The van der Waals surface area contributed by atoms with E-state index >= 15 is 0 Å². The Labute approximate surface area is 161 Å². The summed E-state index contributed by atoms with van der Waals surface area (Å²) in [6.45, 7) is 3.13. The smallest absolute Gasteiger partial charge is 0.228 e.